The minimum Gasteiger partial charge on any atom is -0.394 e. The number of fused-ring (bicyclic) bond motifs is 1. The first-order chi connectivity index (χ1) is 12.3. The molecule has 3 heterocycles. The van der Waals surface area contributed by atoms with Crippen molar-refractivity contribution in [2.45, 2.75) is 43.6 Å². The number of carbonyl (C=O) groups is 1. The third-order valence-electron chi connectivity index (χ3n) is 4.21. The lowest BCUT2D eigenvalue weighted by atomic mass is 10.1. The van der Waals surface area contributed by atoms with Crippen LogP contribution in [0.5, 0.6) is 0 Å². The van der Waals surface area contributed by atoms with Crippen LogP contribution in [0.3, 0.4) is 0 Å². The van der Waals surface area contributed by atoms with Gasteiger partial charge in [-0.3, -0.25) is 9.36 Å². The van der Waals surface area contributed by atoms with E-state index >= 15 is 0 Å². The van der Waals surface area contributed by atoms with Gasteiger partial charge >= 0.3 is 0 Å². The van der Waals surface area contributed by atoms with Crippen molar-refractivity contribution in [1.29, 1.82) is 0 Å². The number of nitrogens with zero attached hydrogens (tertiary/aromatic N) is 4. The molecule has 1 aliphatic rings. The normalized spacial score (nSPS) is 28.2. The van der Waals surface area contributed by atoms with Crippen LogP contribution in [-0.2, 0) is 9.53 Å². The number of nitrogens with two attached hydrogens (primary N) is 1. The van der Waals surface area contributed by atoms with Crippen molar-refractivity contribution in [3.8, 4) is 0 Å². The Morgan fingerprint density at radius 1 is 1.38 bits per heavy atom. The highest BCUT2D eigenvalue weighted by atomic mass is 16.6. The monoisotopic (exact) mass is 368 g/mol. The van der Waals surface area contributed by atoms with E-state index in [-0.39, 0.29) is 17.0 Å². The zero-order valence-electron chi connectivity index (χ0n) is 13.8. The molecule has 2 aromatic heterocycles. The summed E-state index contributed by atoms with van der Waals surface area (Å²) < 4.78 is 6.82. The van der Waals surface area contributed by atoms with Crippen LogP contribution in [-0.4, -0.2) is 82.9 Å². The molecule has 2 aromatic rings. The second-order valence-electron chi connectivity index (χ2n) is 6.03. The summed E-state index contributed by atoms with van der Waals surface area (Å²) in [6.07, 6.45) is -3.12. The first kappa shape index (κ1) is 18.6. The molecule has 0 aliphatic carbocycles. The highest BCUT2D eigenvalue weighted by molar-refractivity contribution is 5.99. The van der Waals surface area contributed by atoms with Gasteiger partial charge in [0.1, 0.15) is 30.7 Å². The molecular weight excluding hydrogens is 348 g/mol. The minimum atomic E-state index is -1.30. The number of anilines is 1. The number of aromatic nitrogens is 4. The Hall–Kier alpha value is -2.22. The van der Waals surface area contributed by atoms with E-state index in [1.54, 1.807) is 0 Å². The smallest absolute Gasteiger partial charge is 0.245 e. The molecule has 12 nitrogen and oxygen atoms in total. The van der Waals surface area contributed by atoms with Crippen LogP contribution in [0.4, 0.5) is 5.82 Å². The van der Waals surface area contributed by atoms with E-state index < -0.39 is 49.2 Å². The standard InChI is InChI=1S/C14H20N6O6/c1-5(22)7(15)13(25)19-11-8-12(17-3-16-11)20(4-18-8)14-10(24)9(23)6(2-21)26-14/h3-7,9-10,14,21-24H,2,15H2,1H3,(H,16,17,19,25)/t5?,6-,7?,9-,10-,14-/m1/s1. The Balaban J connectivity index is 1.91. The summed E-state index contributed by atoms with van der Waals surface area (Å²) in [4.78, 5) is 24.1. The molecule has 0 aromatic carbocycles. The second-order valence-corrected chi connectivity index (χ2v) is 6.03. The number of ether oxygens (including phenoxy) is 1. The lowest BCUT2D eigenvalue weighted by molar-refractivity contribution is -0.119. The quantitative estimate of drug-likeness (QED) is 0.319. The van der Waals surface area contributed by atoms with Crippen LogP contribution in [0, 0.1) is 0 Å². The maximum Gasteiger partial charge on any atom is 0.245 e. The van der Waals surface area contributed by atoms with E-state index in [1.165, 1.54) is 24.1 Å². The molecule has 1 amide bonds. The number of aliphatic hydroxyl groups is 4. The van der Waals surface area contributed by atoms with Gasteiger partial charge in [0.2, 0.25) is 5.91 Å². The molecule has 2 unspecified atom stereocenters. The number of hydrogen-bond donors (Lipinski definition) is 6. The Morgan fingerprint density at radius 3 is 2.73 bits per heavy atom. The molecule has 7 N–H and O–H groups in total. The van der Waals surface area contributed by atoms with Gasteiger partial charge in [0.05, 0.1) is 19.0 Å². The fraction of sp³-hybridized carbons (Fsp3) is 0.571. The topological polar surface area (TPSA) is 189 Å². The first-order valence-corrected chi connectivity index (χ1v) is 7.89. The Labute approximate surface area is 147 Å². The fourth-order valence-corrected chi connectivity index (χ4v) is 2.66. The molecule has 3 rings (SSSR count). The van der Waals surface area contributed by atoms with Crippen molar-refractivity contribution in [1.82, 2.24) is 19.5 Å². The van der Waals surface area contributed by atoms with Gasteiger partial charge in [-0.2, -0.15) is 0 Å². The molecule has 142 valence electrons. The van der Waals surface area contributed by atoms with Gasteiger partial charge in [0, 0.05) is 0 Å². The van der Waals surface area contributed by atoms with E-state index in [1.807, 2.05) is 0 Å². The van der Waals surface area contributed by atoms with Gasteiger partial charge in [-0.15, -0.1) is 0 Å². The van der Waals surface area contributed by atoms with E-state index in [4.69, 9.17) is 10.5 Å². The summed E-state index contributed by atoms with van der Waals surface area (Å²) in [6, 6.07) is -1.15. The second kappa shape index (κ2) is 7.19. The molecule has 0 bridgehead atoms. The molecule has 1 saturated heterocycles. The van der Waals surface area contributed by atoms with Gasteiger partial charge in [0.15, 0.2) is 23.2 Å². The Morgan fingerprint density at radius 2 is 2.12 bits per heavy atom. The number of carbonyl (C=O) groups excluding carboxylic acids is 1. The van der Waals surface area contributed by atoms with Gasteiger partial charge in [-0.1, -0.05) is 0 Å². The minimum absolute atomic E-state index is 0.0709. The van der Waals surface area contributed by atoms with Crippen molar-refractivity contribution in [2.24, 2.45) is 5.73 Å². The third kappa shape index (κ3) is 3.13. The molecule has 0 spiro atoms. The van der Waals surface area contributed by atoms with Crippen LogP contribution in [0.1, 0.15) is 13.2 Å². The summed E-state index contributed by atoms with van der Waals surface area (Å²) in [5.74, 6) is -0.580. The summed E-state index contributed by atoms with van der Waals surface area (Å²) in [7, 11) is 0. The van der Waals surface area contributed by atoms with Gasteiger partial charge < -0.3 is 36.2 Å². The highest BCUT2D eigenvalue weighted by Crippen LogP contribution is 2.32. The van der Waals surface area contributed by atoms with Crippen molar-refractivity contribution in [3.05, 3.63) is 12.7 Å². The number of aliphatic hydroxyl groups excluding tert-OH is 4. The zero-order chi connectivity index (χ0) is 19.0. The predicted octanol–water partition coefficient (Wildman–Crippen LogP) is -2.92. The molecule has 0 radical (unpaired) electrons. The van der Waals surface area contributed by atoms with Crippen LogP contribution in [0.15, 0.2) is 12.7 Å². The van der Waals surface area contributed by atoms with Gasteiger partial charge in [0.25, 0.3) is 0 Å². The number of hydrogen-bond acceptors (Lipinski definition) is 10. The van der Waals surface area contributed by atoms with Crippen molar-refractivity contribution in [2.75, 3.05) is 11.9 Å². The van der Waals surface area contributed by atoms with E-state index in [2.05, 4.69) is 20.3 Å². The molecule has 1 aliphatic heterocycles. The third-order valence-corrected chi connectivity index (χ3v) is 4.21. The van der Waals surface area contributed by atoms with Gasteiger partial charge in [-0.25, -0.2) is 15.0 Å². The van der Waals surface area contributed by atoms with E-state index in [9.17, 15) is 25.2 Å². The molecule has 6 atom stereocenters. The Kier molecular flexibility index (Phi) is 5.13. The maximum atomic E-state index is 12.0. The summed E-state index contributed by atoms with van der Waals surface area (Å²) in [5, 5.41) is 41.1. The Bertz CT molecular complexity index is 797. The number of nitrogens with one attached hydrogen (secondary N) is 1. The largest absolute Gasteiger partial charge is 0.394 e. The summed E-state index contributed by atoms with van der Waals surface area (Å²) >= 11 is 0. The summed E-state index contributed by atoms with van der Waals surface area (Å²) in [5.41, 5.74) is 6.02. The SMILES string of the molecule is CC(O)C(N)C(=O)Nc1ncnc2c1ncn2[C@@H]1O[C@H](CO)[C@@H](O)[C@H]1O. The van der Waals surface area contributed by atoms with Crippen LogP contribution < -0.4 is 11.1 Å². The lowest BCUT2D eigenvalue weighted by Gasteiger charge is -2.17. The van der Waals surface area contributed by atoms with E-state index in [0.717, 1.165) is 0 Å². The molecule has 0 saturated carbocycles. The highest BCUT2D eigenvalue weighted by Gasteiger charge is 2.44. The van der Waals surface area contributed by atoms with Crippen LogP contribution >= 0.6 is 0 Å². The first-order valence-electron chi connectivity index (χ1n) is 7.89. The molecule has 1 fully saturated rings. The zero-order valence-corrected chi connectivity index (χ0v) is 13.8. The van der Waals surface area contributed by atoms with Crippen molar-refractivity contribution >= 4 is 22.9 Å². The predicted molar refractivity (Wildman–Crippen MR) is 86.6 cm³/mol. The fourth-order valence-electron chi connectivity index (χ4n) is 2.66. The lowest BCUT2D eigenvalue weighted by Crippen LogP contribution is -2.43. The van der Waals surface area contributed by atoms with Crippen LogP contribution in [0.25, 0.3) is 11.2 Å². The molecular formula is C14H20N6O6. The number of imidazole rings is 1. The van der Waals surface area contributed by atoms with Crippen molar-refractivity contribution in [3.63, 3.8) is 0 Å². The molecule has 26 heavy (non-hydrogen) atoms. The van der Waals surface area contributed by atoms with Crippen molar-refractivity contribution < 1.29 is 30.0 Å². The average Bonchev–Trinajstić information content (AvgIpc) is 3.16. The van der Waals surface area contributed by atoms with Crippen LogP contribution in [0.2, 0.25) is 0 Å². The maximum absolute atomic E-state index is 12.0. The average molecular weight is 368 g/mol. The number of rotatable bonds is 5. The molecule has 12 heteroatoms. The number of amides is 1. The van der Waals surface area contributed by atoms with E-state index in [0.29, 0.717) is 0 Å². The van der Waals surface area contributed by atoms with Gasteiger partial charge in [-0.05, 0) is 6.92 Å². The summed E-state index contributed by atoms with van der Waals surface area (Å²) in [6.45, 7) is 0.922.